The van der Waals surface area contributed by atoms with Gasteiger partial charge in [-0.3, -0.25) is 0 Å². The van der Waals surface area contributed by atoms with Crippen molar-refractivity contribution in [1.29, 1.82) is 5.26 Å². The highest BCUT2D eigenvalue weighted by atomic mass is 32.1. The van der Waals surface area contributed by atoms with Crippen LogP contribution in [-0.4, -0.2) is 6.61 Å². The molecule has 0 aliphatic carbocycles. The Morgan fingerprint density at radius 3 is 3.20 bits per heavy atom. The molecule has 0 fully saturated rings. The molecule has 15 heavy (non-hydrogen) atoms. The monoisotopic (exact) mass is 221 g/mol. The van der Waals surface area contributed by atoms with Crippen molar-refractivity contribution in [3.63, 3.8) is 0 Å². The number of ether oxygens (including phenoxy) is 1. The molecule has 4 nitrogen and oxygen atoms in total. The van der Waals surface area contributed by atoms with Crippen LogP contribution in [0.1, 0.15) is 6.42 Å². The van der Waals surface area contributed by atoms with Gasteiger partial charge in [0.1, 0.15) is 17.9 Å². The highest BCUT2D eigenvalue weighted by Gasteiger charge is 2.03. The number of nitrogens with zero attached hydrogens (tertiary/aromatic N) is 1. The van der Waals surface area contributed by atoms with Crippen LogP contribution in [-0.2, 0) is 0 Å². The Kier molecular flexibility index (Phi) is 2.70. The van der Waals surface area contributed by atoms with E-state index in [1.807, 2.05) is 6.07 Å². The SMILES string of the molecule is N#CCCOc1ccc2oc(=O)sc2c1. The molecule has 2 aromatic rings. The van der Waals surface area contributed by atoms with Gasteiger partial charge in [0.2, 0.25) is 0 Å². The van der Waals surface area contributed by atoms with Gasteiger partial charge in [-0.25, -0.2) is 4.79 Å². The summed E-state index contributed by atoms with van der Waals surface area (Å²) in [5.41, 5.74) is 0.567. The molecule has 0 unspecified atom stereocenters. The Balaban J connectivity index is 2.23. The summed E-state index contributed by atoms with van der Waals surface area (Å²) in [6, 6.07) is 7.13. The topological polar surface area (TPSA) is 63.2 Å². The molecule has 0 atom stereocenters. The predicted octanol–water partition coefficient (Wildman–Crippen LogP) is 2.15. The fourth-order valence-electron chi connectivity index (χ4n) is 1.16. The molecule has 0 spiro atoms. The van der Waals surface area contributed by atoms with E-state index in [-0.39, 0.29) is 4.94 Å². The van der Waals surface area contributed by atoms with Crippen LogP contribution in [0.4, 0.5) is 0 Å². The van der Waals surface area contributed by atoms with Gasteiger partial charge in [-0.1, -0.05) is 11.3 Å². The van der Waals surface area contributed by atoms with Gasteiger partial charge in [0, 0.05) is 6.07 Å². The van der Waals surface area contributed by atoms with Crippen molar-refractivity contribution in [2.24, 2.45) is 0 Å². The lowest BCUT2D eigenvalue weighted by atomic mass is 10.3. The average molecular weight is 221 g/mol. The molecule has 0 radical (unpaired) electrons. The standard InChI is InChI=1S/C10H7NO3S/c11-4-1-5-13-7-2-3-8-9(6-7)15-10(12)14-8/h2-3,6H,1,5H2. The molecule has 0 saturated heterocycles. The summed E-state index contributed by atoms with van der Waals surface area (Å²) in [7, 11) is 0. The lowest BCUT2D eigenvalue weighted by Crippen LogP contribution is -1.94. The molecule has 0 N–H and O–H groups in total. The zero-order valence-corrected chi connectivity index (χ0v) is 8.54. The number of hydrogen-bond donors (Lipinski definition) is 0. The minimum atomic E-state index is -0.320. The quantitative estimate of drug-likeness (QED) is 0.745. The Morgan fingerprint density at radius 2 is 2.40 bits per heavy atom. The first-order chi connectivity index (χ1) is 7.29. The second-order valence-electron chi connectivity index (χ2n) is 2.82. The van der Waals surface area contributed by atoms with E-state index in [0.29, 0.717) is 24.4 Å². The minimum Gasteiger partial charge on any atom is -0.492 e. The average Bonchev–Trinajstić information content (AvgIpc) is 2.57. The number of hydrogen-bond acceptors (Lipinski definition) is 5. The molecule has 5 heteroatoms. The summed E-state index contributed by atoms with van der Waals surface area (Å²) >= 11 is 1.04. The highest BCUT2D eigenvalue weighted by Crippen LogP contribution is 2.22. The molecule has 76 valence electrons. The van der Waals surface area contributed by atoms with E-state index in [4.69, 9.17) is 14.4 Å². The zero-order chi connectivity index (χ0) is 10.7. The second-order valence-corrected chi connectivity index (χ2v) is 3.80. The third-order valence-electron chi connectivity index (χ3n) is 1.78. The lowest BCUT2D eigenvalue weighted by Gasteiger charge is -2.01. The summed E-state index contributed by atoms with van der Waals surface area (Å²) in [5, 5.41) is 8.34. The summed E-state index contributed by atoms with van der Waals surface area (Å²) in [6.07, 6.45) is 0.347. The van der Waals surface area contributed by atoms with Crippen LogP contribution >= 0.6 is 11.3 Å². The number of fused-ring (bicyclic) bond motifs is 1. The van der Waals surface area contributed by atoms with Crippen molar-refractivity contribution in [1.82, 2.24) is 0 Å². The van der Waals surface area contributed by atoms with Crippen molar-refractivity contribution in [3.8, 4) is 11.8 Å². The maximum atomic E-state index is 10.9. The van der Waals surface area contributed by atoms with E-state index in [1.165, 1.54) is 0 Å². The van der Waals surface area contributed by atoms with Crippen molar-refractivity contribution < 1.29 is 9.15 Å². The van der Waals surface area contributed by atoms with Crippen LogP contribution < -0.4 is 9.68 Å². The summed E-state index contributed by atoms with van der Waals surface area (Å²) in [4.78, 5) is 10.6. The van der Waals surface area contributed by atoms with Gasteiger partial charge in [0.15, 0.2) is 0 Å². The first kappa shape index (κ1) is 9.74. The molecule has 1 aromatic carbocycles. The van der Waals surface area contributed by atoms with Gasteiger partial charge < -0.3 is 9.15 Å². The zero-order valence-electron chi connectivity index (χ0n) is 7.73. The summed E-state index contributed by atoms with van der Waals surface area (Å²) in [6.45, 7) is 0.356. The first-order valence-corrected chi connectivity index (χ1v) is 5.15. The third-order valence-corrected chi connectivity index (χ3v) is 2.57. The lowest BCUT2D eigenvalue weighted by molar-refractivity contribution is 0.327. The van der Waals surface area contributed by atoms with Gasteiger partial charge in [0.25, 0.3) is 0 Å². The van der Waals surface area contributed by atoms with Gasteiger partial charge in [0.05, 0.1) is 17.2 Å². The van der Waals surface area contributed by atoms with Crippen molar-refractivity contribution in [2.45, 2.75) is 6.42 Å². The molecule has 0 bridgehead atoms. The maximum Gasteiger partial charge on any atom is 0.396 e. The molecule has 0 aliphatic heterocycles. The van der Waals surface area contributed by atoms with Gasteiger partial charge in [-0.2, -0.15) is 5.26 Å². The van der Waals surface area contributed by atoms with Crippen LogP contribution in [0.2, 0.25) is 0 Å². The van der Waals surface area contributed by atoms with Crippen LogP contribution in [0.15, 0.2) is 27.4 Å². The largest absolute Gasteiger partial charge is 0.492 e. The number of nitriles is 1. The summed E-state index contributed by atoms with van der Waals surface area (Å²) in [5.74, 6) is 0.648. The fraction of sp³-hybridized carbons (Fsp3) is 0.200. The van der Waals surface area contributed by atoms with E-state index in [2.05, 4.69) is 0 Å². The van der Waals surface area contributed by atoms with E-state index >= 15 is 0 Å². The predicted molar refractivity (Wildman–Crippen MR) is 56.1 cm³/mol. The Labute approximate surface area is 89.3 Å². The Bertz CT molecular complexity index is 564. The summed E-state index contributed by atoms with van der Waals surface area (Å²) < 4.78 is 11.0. The van der Waals surface area contributed by atoms with E-state index in [0.717, 1.165) is 16.0 Å². The molecule has 1 heterocycles. The van der Waals surface area contributed by atoms with Crippen LogP contribution in [0.5, 0.6) is 5.75 Å². The molecule has 1 aromatic heterocycles. The van der Waals surface area contributed by atoms with Gasteiger partial charge in [-0.15, -0.1) is 0 Å². The Morgan fingerprint density at radius 1 is 1.53 bits per heavy atom. The van der Waals surface area contributed by atoms with Crippen LogP contribution in [0, 0.1) is 11.3 Å². The smallest absolute Gasteiger partial charge is 0.396 e. The molecule has 0 amide bonds. The van der Waals surface area contributed by atoms with E-state index in [9.17, 15) is 4.79 Å². The van der Waals surface area contributed by atoms with Crippen LogP contribution in [0.3, 0.4) is 0 Å². The molecule has 0 aliphatic rings. The minimum absolute atomic E-state index is 0.320. The maximum absolute atomic E-state index is 10.9. The fourth-order valence-corrected chi connectivity index (χ4v) is 1.85. The van der Waals surface area contributed by atoms with E-state index < -0.39 is 0 Å². The third kappa shape index (κ3) is 2.17. The molecule has 0 saturated carbocycles. The Hall–Kier alpha value is -1.80. The highest BCUT2D eigenvalue weighted by molar-refractivity contribution is 7.16. The molecule has 2 rings (SSSR count). The molecular weight excluding hydrogens is 214 g/mol. The normalized spacial score (nSPS) is 10.1. The van der Waals surface area contributed by atoms with E-state index in [1.54, 1.807) is 18.2 Å². The van der Waals surface area contributed by atoms with Crippen molar-refractivity contribution in [2.75, 3.05) is 6.61 Å². The van der Waals surface area contributed by atoms with Gasteiger partial charge in [-0.05, 0) is 12.1 Å². The van der Waals surface area contributed by atoms with Gasteiger partial charge >= 0.3 is 4.94 Å². The van der Waals surface area contributed by atoms with Crippen molar-refractivity contribution in [3.05, 3.63) is 27.9 Å². The second kappa shape index (κ2) is 4.15. The van der Waals surface area contributed by atoms with Crippen LogP contribution in [0.25, 0.3) is 10.3 Å². The number of benzene rings is 1. The first-order valence-electron chi connectivity index (χ1n) is 4.33. The number of rotatable bonds is 3. The van der Waals surface area contributed by atoms with Crippen molar-refractivity contribution >= 4 is 21.6 Å². The molecular formula is C10H7NO3S.